The van der Waals surface area contributed by atoms with E-state index in [0.29, 0.717) is 6.42 Å². The van der Waals surface area contributed by atoms with Crippen molar-refractivity contribution in [2.24, 2.45) is 0 Å². The van der Waals surface area contributed by atoms with Gasteiger partial charge in [0.25, 0.3) is 0 Å². The summed E-state index contributed by atoms with van der Waals surface area (Å²) in [4.78, 5) is 2.08. The largest absolute Gasteiger partial charge is 0.378 e. The lowest BCUT2D eigenvalue weighted by Crippen LogP contribution is -2.14. The van der Waals surface area contributed by atoms with Gasteiger partial charge in [0.2, 0.25) is 0 Å². The summed E-state index contributed by atoms with van der Waals surface area (Å²) >= 11 is 0. The average molecular weight is 203 g/mol. The van der Waals surface area contributed by atoms with Gasteiger partial charge >= 0.3 is 0 Å². The van der Waals surface area contributed by atoms with Crippen LogP contribution in [-0.4, -0.2) is 20.6 Å². The number of nitrogens with zero attached hydrogens (tertiary/aromatic N) is 2. The van der Waals surface area contributed by atoms with Crippen molar-refractivity contribution in [3.63, 3.8) is 0 Å². The normalized spacial score (nSPS) is 9.67. The Morgan fingerprint density at radius 2 is 1.93 bits per heavy atom. The van der Waals surface area contributed by atoms with Gasteiger partial charge in [0.1, 0.15) is 0 Å². The van der Waals surface area contributed by atoms with Gasteiger partial charge in [-0.1, -0.05) is 12.1 Å². The summed E-state index contributed by atoms with van der Waals surface area (Å²) in [6, 6.07) is 10.5. The molecule has 15 heavy (non-hydrogen) atoms. The van der Waals surface area contributed by atoms with E-state index in [1.54, 1.807) is 0 Å². The minimum atomic E-state index is 0.565. The second-order valence-electron chi connectivity index (χ2n) is 3.65. The van der Waals surface area contributed by atoms with Gasteiger partial charge in [0, 0.05) is 39.3 Å². The molecular formula is C12H17N3. The maximum absolute atomic E-state index is 8.37. The molecule has 0 saturated heterocycles. The van der Waals surface area contributed by atoms with Gasteiger partial charge in [-0.3, -0.25) is 0 Å². The van der Waals surface area contributed by atoms with Crippen molar-refractivity contribution < 1.29 is 0 Å². The quantitative estimate of drug-likeness (QED) is 0.741. The fourth-order valence-electron chi connectivity index (χ4n) is 1.29. The molecule has 0 spiro atoms. The van der Waals surface area contributed by atoms with E-state index < -0.39 is 0 Å². The lowest BCUT2D eigenvalue weighted by atomic mass is 10.2. The summed E-state index contributed by atoms with van der Waals surface area (Å²) in [6.07, 6.45) is 0.565. The minimum absolute atomic E-state index is 0.565. The van der Waals surface area contributed by atoms with E-state index in [4.69, 9.17) is 5.26 Å². The van der Waals surface area contributed by atoms with Crippen LogP contribution in [-0.2, 0) is 6.54 Å². The van der Waals surface area contributed by atoms with E-state index in [1.165, 1.54) is 11.3 Å². The van der Waals surface area contributed by atoms with Crippen molar-refractivity contribution in [3.8, 4) is 6.07 Å². The van der Waals surface area contributed by atoms with Gasteiger partial charge in [-0.15, -0.1) is 0 Å². The Morgan fingerprint density at radius 1 is 1.27 bits per heavy atom. The third kappa shape index (κ3) is 4.01. The molecule has 0 aliphatic carbocycles. The Labute approximate surface area is 91.3 Å². The van der Waals surface area contributed by atoms with Gasteiger partial charge in [0.05, 0.1) is 6.07 Å². The van der Waals surface area contributed by atoms with Crippen LogP contribution in [0.15, 0.2) is 24.3 Å². The molecule has 80 valence electrons. The average Bonchev–Trinajstić information content (AvgIpc) is 2.25. The first kappa shape index (κ1) is 11.5. The molecule has 1 rings (SSSR count). The predicted molar refractivity (Wildman–Crippen MR) is 62.7 cm³/mol. The molecule has 0 heterocycles. The standard InChI is InChI=1S/C12H17N3/c1-15(2)12-6-4-11(5-7-12)10-14-9-3-8-13/h4-7,14H,3,9-10H2,1-2H3. The fraction of sp³-hybridized carbons (Fsp3) is 0.417. The molecule has 0 fully saturated rings. The summed E-state index contributed by atoms with van der Waals surface area (Å²) in [7, 11) is 4.06. The van der Waals surface area contributed by atoms with Crippen molar-refractivity contribution in [2.75, 3.05) is 25.5 Å². The molecule has 0 aromatic heterocycles. The van der Waals surface area contributed by atoms with E-state index in [2.05, 4.69) is 40.6 Å². The maximum atomic E-state index is 8.37. The summed E-state index contributed by atoms with van der Waals surface area (Å²) in [5.41, 5.74) is 2.45. The highest BCUT2D eigenvalue weighted by Gasteiger charge is 1.95. The lowest BCUT2D eigenvalue weighted by Gasteiger charge is -2.12. The highest BCUT2D eigenvalue weighted by molar-refractivity contribution is 5.45. The topological polar surface area (TPSA) is 39.1 Å². The Morgan fingerprint density at radius 3 is 2.47 bits per heavy atom. The van der Waals surface area contributed by atoms with Crippen LogP contribution in [0.4, 0.5) is 5.69 Å². The molecule has 0 atom stereocenters. The van der Waals surface area contributed by atoms with Gasteiger partial charge in [-0.05, 0) is 17.7 Å². The van der Waals surface area contributed by atoms with E-state index >= 15 is 0 Å². The molecule has 0 unspecified atom stereocenters. The number of nitriles is 1. The smallest absolute Gasteiger partial charge is 0.0635 e. The monoisotopic (exact) mass is 203 g/mol. The number of nitrogens with one attached hydrogen (secondary N) is 1. The van der Waals surface area contributed by atoms with E-state index in [-0.39, 0.29) is 0 Å². The highest BCUT2D eigenvalue weighted by Crippen LogP contribution is 2.11. The van der Waals surface area contributed by atoms with Crippen LogP contribution in [0.3, 0.4) is 0 Å². The molecule has 1 aromatic carbocycles. The van der Waals surface area contributed by atoms with E-state index in [9.17, 15) is 0 Å². The molecule has 3 heteroatoms. The molecule has 0 bridgehead atoms. The zero-order valence-electron chi connectivity index (χ0n) is 9.33. The third-order valence-corrected chi connectivity index (χ3v) is 2.20. The van der Waals surface area contributed by atoms with Gasteiger partial charge in [-0.25, -0.2) is 0 Å². The van der Waals surface area contributed by atoms with Crippen LogP contribution in [0, 0.1) is 11.3 Å². The molecule has 0 aliphatic rings. The van der Waals surface area contributed by atoms with Crippen molar-refractivity contribution in [3.05, 3.63) is 29.8 Å². The molecule has 1 N–H and O–H groups in total. The van der Waals surface area contributed by atoms with E-state index in [0.717, 1.165) is 13.1 Å². The van der Waals surface area contributed by atoms with Crippen molar-refractivity contribution in [1.29, 1.82) is 5.26 Å². The molecular weight excluding hydrogens is 186 g/mol. The first-order chi connectivity index (χ1) is 7.24. The predicted octanol–water partition coefficient (Wildman–Crippen LogP) is 1.76. The van der Waals surface area contributed by atoms with Crippen LogP contribution in [0.25, 0.3) is 0 Å². The molecule has 3 nitrogen and oxygen atoms in total. The number of hydrogen-bond donors (Lipinski definition) is 1. The Hall–Kier alpha value is -1.53. The van der Waals surface area contributed by atoms with Gasteiger partial charge in [-0.2, -0.15) is 5.26 Å². The summed E-state index contributed by atoms with van der Waals surface area (Å²) < 4.78 is 0. The Bertz CT molecular complexity index is 322. The molecule has 0 amide bonds. The van der Waals surface area contributed by atoms with Gasteiger partial charge in [0.15, 0.2) is 0 Å². The van der Waals surface area contributed by atoms with E-state index in [1.807, 2.05) is 14.1 Å². The summed E-state index contributed by atoms with van der Waals surface area (Å²) in [6.45, 7) is 1.58. The fourth-order valence-corrected chi connectivity index (χ4v) is 1.29. The molecule has 0 aliphatic heterocycles. The first-order valence-electron chi connectivity index (χ1n) is 5.08. The Balaban J connectivity index is 2.40. The summed E-state index contributed by atoms with van der Waals surface area (Å²) in [5, 5.41) is 11.6. The highest BCUT2D eigenvalue weighted by atomic mass is 15.1. The second kappa shape index (κ2) is 6.05. The third-order valence-electron chi connectivity index (χ3n) is 2.20. The first-order valence-corrected chi connectivity index (χ1v) is 5.08. The molecule has 0 saturated carbocycles. The number of anilines is 1. The Kier molecular flexibility index (Phi) is 4.65. The van der Waals surface area contributed by atoms with Crippen LogP contribution in [0.1, 0.15) is 12.0 Å². The zero-order chi connectivity index (χ0) is 11.1. The van der Waals surface area contributed by atoms with Crippen LogP contribution < -0.4 is 10.2 Å². The van der Waals surface area contributed by atoms with Crippen LogP contribution in [0.5, 0.6) is 0 Å². The van der Waals surface area contributed by atoms with Crippen LogP contribution >= 0.6 is 0 Å². The number of hydrogen-bond acceptors (Lipinski definition) is 3. The van der Waals surface area contributed by atoms with Crippen molar-refractivity contribution in [1.82, 2.24) is 5.32 Å². The zero-order valence-corrected chi connectivity index (χ0v) is 9.33. The SMILES string of the molecule is CN(C)c1ccc(CNCCC#N)cc1. The number of benzene rings is 1. The van der Waals surface area contributed by atoms with Crippen molar-refractivity contribution in [2.45, 2.75) is 13.0 Å². The van der Waals surface area contributed by atoms with Crippen molar-refractivity contribution >= 4 is 5.69 Å². The molecule has 1 aromatic rings. The number of rotatable bonds is 5. The summed E-state index contributed by atoms with van der Waals surface area (Å²) in [5.74, 6) is 0. The second-order valence-corrected chi connectivity index (χ2v) is 3.65. The van der Waals surface area contributed by atoms with Crippen LogP contribution in [0.2, 0.25) is 0 Å². The molecule has 0 radical (unpaired) electrons. The van der Waals surface area contributed by atoms with Gasteiger partial charge < -0.3 is 10.2 Å². The minimum Gasteiger partial charge on any atom is -0.378 e. The maximum Gasteiger partial charge on any atom is 0.0635 e. The lowest BCUT2D eigenvalue weighted by molar-refractivity contribution is 0.699.